The summed E-state index contributed by atoms with van der Waals surface area (Å²) in [6.45, 7) is 3.39. The normalized spacial score (nSPS) is 15.5. The molecule has 0 saturated carbocycles. The van der Waals surface area contributed by atoms with E-state index in [0.717, 1.165) is 26.4 Å². The number of nitrogens with zero attached hydrogens (tertiary/aromatic N) is 5. The number of aromatic nitrogens is 4. The fraction of sp³-hybridized carbons (Fsp3) is 0.190. The zero-order valence-electron chi connectivity index (χ0n) is 16.2. The van der Waals surface area contributed by atoms with Crippen molar-refractivity contribution in [2.45, 2.75) is 26.4 Å². The van der Waals surface area contributed by atoms with Crippen LogP contribution in [0.25, 0.3) is 32.0 Å². The summed E-state index contributed by atoms with van der Waals surface area (Å²) in [4.78, 5) is 39.8. The number of aryl methyl sites for hydroxylation is 1. The minimum absolute atomic E-state index is 0.130. The SMILES string of the molecule is CC(=O)N1c2nc(-c3cccc(C)n3)c(-c3cc4cnccc4s3)n2CC1C(=O)O. The van der Waals surface area contributed by atoms with Gasteiger partial charge in [0.25, 0.3) is 0 Å². The molecule has 30 heavy (non-hydrogen) atoms. The maximum atomic E-state index is 12.3. The van der Waals surface area contributed by atoms with Crippen LogP contribution in [0.15, 0.2) is 42.7 Å². The van der Waals surface area contributed by atoms with Gasteiger partial charge in [0, 0.05) is 35.1 Å². The molecule has 0 saturated heterocycles. The molecule has 1 atom stereocenters. The van der Waals surface area contributed by atoms with Gasteiger partial charge in [-0.05, 0) is 31.2 Å². The Morgan fingerprint density at radius 3 is 2.77 bits per heavy atom. The molecule has 150 valence electrons. The molecule has 0 spiro atoms. The minimum Gasteiger partial charge on any atom is -0.480 e. The van der Waals surface area contributed by atoms with Crippen molar-refractivity contribution in [2.75, 3.05) is 4.90 Å². The number of thiophene rings is 1. The van der Waals surface area contributed by atoms with Crippen LogP contribution in [-0.2, 0) is 16.1 Å². The maximum absolute atomic E-state index is 12.3. The standard InChI is InChI=1S/C21H17N5O3S/c1-11-4-3-5-14(23-11)18-19(17-8-13-9-22-7-6-16(13)30-17)25-10-15(20(28)29)26(12(2)27)21(25)24-18/h3-9,15H,10H2,1-2H3,(H,28,29). The van der Waals surface area contributed by atoms with E-state index in [4.69, 9.17) is 4.98 Å². The van der Waals surface area contributed by atoms with Crippen LogP contribution in [0.3, 0.4) is 0 Å². The van der Waals surface area contributed by atoms with Gasteiger partial charge in [-0.2, -0.15) is 0 Å². The van der Waals surface area contributed by atoms with Crippen LogP contribution >= 0.6 is 11.3 Å². The van der Waals surface area contributed by atoms with E-state index in [1.54, 1.807) is 23.7 Å². The quantitative estimate of drug-likeness (QED) is 0.546. The van der Waals surface area contributed by atoms with Crippen LogP contribution < -0.4 is 4.90 Å². The lowest BCUT2D eigenvalue weighted by molar-refractivity contribution is -0.139. The number of hydrogen-bond acceptors (Lipinski definition) is 6. The van der Waals surface area contributed by atoms with Gasteiger partial charge in [-0.25, -0.2) is 9.78 Å². The van der Waals surface area contributed by atoms with Crippen LogP contribution in [0, 0.1) is 6.92 Å². The number of aliphatic carboxylic acids is 1. The maximum Gasteiger partial charge on any atom is 0.328 e. The lowest BCUT2D eigenvalue weighted by atomic mass is 10.1. The van der Waals surface area contributed by atoms with Crippen molar-refractivity contribution in [3.8, 4) is 22.0 Å². The first-order chi connectivity index (χ1) is 14.4. The van der Waals surface area contributed by atoms with Crippen LogP contribution in [0.1, 0.15) is 12.6 Å². The predicted octanol–water partition coefficient (Wildman–Crippen LogP) is 3.35. The number of imidazole rings is 1. The van der Waals surface area contributed by atoms with E-state index in [2.05, 4.69) is 9.97 Å². The second-order valence-electron chi connectivity index (χ2n) is 7.15. The molecule has 5 rings (SSSR count). The summed E-state index contributed by atoms with van der Waals surface area (Å²) < 4.78 is 2.88. The Bertz CT molecular complexity index is 1290. The van der Waals surface area contributed by atoms with E-state index in [1.807, 2.05) is 41.8 Å². The van der Waals surface area contributed by atoms with Gasteiger partial charge in [-0.15, -0.1) is 11.3 Å². The number of fused-ring (bicyclic) bond motifs is 2. The number of carboxylic acids is 1. The fourth-order valence-electron chi connectivity index (χ4n) is 3.85. The number of rotatable bonds is 3. The van der Waals surface area contributed by atoms with Crippen molar-refractivity contribution in [3.05, 3.63) is 48.4 Å². The van der Waals surface area contributed by atoms with Gasteiger partial charge in [-0.1, -0.05) is 6.07 Å². The van der Waals surface area contributed by atoms with Gasteiger partial charge in [0.1, 0.15) is 5.69 Å². The third kappa shape index (κ3) is 2.78. The van der Waals surface area contributed by atoms with Gasteiger partial charge in [-0.3, -0.25) is 19.7 Å². The van der Waals surface area contributed by atoms with Crippen LogP contribution in [0.2, 0.25) is 0 Å². The van der Waals surface area contributed by atoms with Crippen molar-refractivity contribution in [3.63, 3.8) is 0 Å². The molecule has 5 heterocycles. The summed E-state index contributed by atoms with van der Waals surface area (Å²) in [7, 11) is 0. The molecule has 0 bridgehead atoms. The van der Waals surface area contributed by atoms with E-state index in [0.29, 0.717) is 17.3 Å². The first-order valence-electron chi connectivity index (χ1n) is 9.35. The summed E-state index contributed by atoms with van der Waals surface area (Å²) in [5.74, 6) is -1.08. The molecule has 0 aromatic carbocycles. The zero-order valence-corrected chi connectivity index (χ0v) is 17.1. The highest BCUT2D eigenvalue weighted by molar-refractivity contribution is 7.22. The topological polar surface area (TPSA) is 101 Å². The third-order valence-corrected chi connectivity index (χ3v) is 6.26. The predicted molar refractivity (Wildman–Crippen MR) is 113 cm³/mol. The van der Waals surface area contributed by atoms with Crippen molar-refractivity contribution < 1.29 is 14.7 Å². The molecule has 1 aliphatic rings. The number of carbonyl (C=O) groups is 2. The third-order valence-electron chi connectivity index (χ3n) is 5.14. The van der Waals surface area contributed by atoms with Gasteiger partial charge in [0.15, 0.2) is 6.04 Å². The Hall–Kier alpha value is -3.59. The lowest BCUT2D eigenvalue weighted by Crippen LogP contribution is -2.42. The first-order valence-corrected chi connectivity index (χ1v) is 10.2. The first kappa shape index (κ1) is 18.4. The van der Waals surface area contributed by atoms with E-state index >= 15 is 0 Å². The Balaban J connectivity index is 1.79. The molecule has 9 heteroatoms. The van der Waals surface area contributed by atoms with E-state index < -0.39 is 12.0 Å². The van der Waals surface area contributed by atoms with Crippen LogP contribution in [0.5, 0.6) is 0 Å². The number of hydrogen-bond donors (Lipinski definition) is 1. The number of anilines is 1. The van der Waals surface area contributed by atoms with Gasteiger partial charge in [0.05, 0.1) is 22.8 Å². The fourth-order valence-corrected chi connectivity index (χ4v) is 4.93. The monoisotopic (exact) mass is 419 g/mol. The van der Waals surface area contributed by atoms with Crippen molar-refractivity contribution in [2.24, 2.45) is 0 Å². The second kappa shape index (κ2) is 6.74. The Morgan fingerprint density at radius 1 is 1.23 bits per heavy atom. The highest BCUT2D eigenvalue weighted by Crippen LogP contribution is 2.43. The van der Waals surface area contributed by atoms with Gasteiger partial charge in [0.2, 0.25) is 11.9 Å². The van der Waals surface area contributed by atoms with E-state index in [-0.39, 0.29) is 12.5 Å². The number of pyridine rings is 2. The Kier molecular flexibility index (Phi) is 4.14. The highest BCUT2D eigenvalue weighted by Gasteiger charge is 2.41. The molecule has 8 nitrogen and oxygen atoms in total. The number of carboxylic acid groups (broad SMARTS) is 1. The summed E-state index contributed by atoms with van der Waals surface area (Å²) in [6, 6.07) is 8.65. The van der Waals surface area contributed by atoms with E-state index in [9.17, 15) is 14.7 Å². The highest BCUT2D eigenvalue weighted by atomic mass is 32.1. The Morgan fingerprint density at radius 2 is 2.07 bits per heavy atom. The Labute approximate surface area is 175 Å². The molecule has 1 unspecified atom stereocenters. The molecule has 1 aliphatic heterocycles. The molecule has 0 fully saturated rings. The van der Waals surface area contributed by atoms with Gasteiger partial charge >= 0.3 is 5.97 Å². The molecule has 0 radical (unpaired) electrons. The van der Waals surface area contributed by atoms with Crippen molar-refractivity contribution >= 4 is 39.2 Å². The minimum atomic E-state index is -1.06. The average molecular weight is 419 g/mol. The van der Waals surface area contributed by atoms with Crippen LogP contribution in [0.4, 0.5) is 5.95 Å². The molecular weight excluding hydrogens is 402 g/mol. The smallest absolute Gasteiger partial charge is 0.328 e. The molecule has 0 aliphatic carbocycles. The summed E-state index contributed by atoms with van der Waals surface area (Å²) >= 11 is 1.57. The summed E-state index contributed by atoms with van der Waals surface area (Å²) in [5, 5.41) is 10.7. The average Bonchev–Trinajstić information content (AvgIpc) is 3.38. The molecule has 4 aromatic rings. The molecule has 4 aromatic heterocycles. The van der Waals surface area contributed by atoms with Crippen LogP contribution in [-0.4, -0.2) is 42.5 Å². The molecule has 1 amide bonds. The summed E-state index contributed by atoms with van der Waals surface area (Å²) in [5.41, 5.74) is 2.92. The number of amides is 1. The molecule has 1 N–H and O–H groups in total. The number of carbonyl (C=O) groups excluding carboxylic acids is 1. The lowest BCUT2D eigenvalue weighted by Gasteiger charge is -2.17. The van der Waals surface area contributed by atoms with Crippen molar-refractivity contribution in [1.29, 1.82) is 0 Å². The molecular formula is C21H17N5O3S. The summed E-state index contributed by atoms with van der Waals surface area (Å²) in [6.07, 6.45) is 3.54. The largest absolute Gasteiger partial charge is 0.480 e. The zero-order chi connectivity index (χ0) is 21.0. The van der Waals surface area contributed by atoms with Crippen molar-refractivity contribution in [1.82, 2.24) is 19.5 Å². The second-order valence-corrected chi connectivity index (χ2v) is 8.23. The van der Waals surface area contributed by atoms with E-state index in [1.165, 1.54) is 11.8 Å². The van der Waals surface area contributed by atoms with Gasteiger partial charge < -0.3 is 9.67 Å².